The zero-order valence-corrected chi connectivity index (χ0v) is 15.7. The maximum Gasteiger partial charge on any atom is 0.226 e. The lowest BCUT2D eigenvalue weighted by atomic mass is 9.94. The molecule has 1 fully saturated rings. The quantitative estimate of drug-likeness (QED) is 0.792. The molecule has 1 aromatic rings. The van der Waals surface area contributed by atoms with Crippen LogP contribution in [0.3, 0.4) is 0 Å². The highest BCUT2D eigenvalue weighted by atomic mass is 32.2. The van der Waals surface area contributed by atoms with Crippen molar-refractivity contribution in [3.8, 4) is 0 Å². The summed E-state index contributed by atoms with van der Waals surface area (Å²) in [5.41, 5.74) is 0.950. The fourth-order valence-electron chi connectivity index (χ4n) is 3.71. The van der Waals surface area contributed by atoms with Gasteiger partial charge in [-0.25, -0.2) is 13.1 Å². The Morgan fingerprint density at radius 1 is 1.36 bits per heavy atom. The molecule has 0 bridgehead atoms. The summed E-state index contributed by atoms with van der Waals surface area (Å²) in [5, 5.41) is 4.30. The summed E-state index contributed by atoms with van der Waals surface area (Å²) in [7, 11) is -3.28. The molecule has 0 spiro atoms. The number of aromatic nitrogens is 2. The molecule has 0 aliphatic carbocycles. The van der Waals surface area contributed by atoms with Crippen LogP contribution in [0.4, 0.5) is 0 Å². The number of amides is 1. The molecule has 1 amide bonds. The highest BCUT2D eigenvalue weighted by Gasteiger charge is 2.33. The van der Waals surface area contributed by atoms with Crippen molar-refractivity contribution in [1.82, 2.24) is 24.3 Å². The van der Waals surface area contributed by atoms with Crippen LogP contribution in [0.1, 0.15) is 31.5 Å². The first-order valence-electron chi connectivity index (χ1n) is 8.85. The van der Waals surface area contributed by atoms with Gasteiger partial charge in [0.05, 0.1) is 24.5 Å². The van der Waals surface area contributed by atoms with Gasteiger partial charge >= 0.3 is 0 Å². The van der Waals surface area contributed by atoms with Crippen LogP contribution in [0.5, 0.6) is 0 Å². The van der Waals surface area contributed by atoms with Crippen LogP contribution < -0.4 is 4.72 Å². The lowest BCUT2D eigenvalue weighted by molar-refractivity contribution is -0.139. The Morgan fingerprint density at radius 3 is 2.72 bits per heavy atom. The van der Waals surface area contributed by atoms with Crippen molar-refractivity contribution in [3.05, 3.63) is 18.0 Å². The van der Waals surface area contributed by atoms with Crippen molar-refractivity contribution in [2.75, 3.05) is 39.0 Å². The van der Waals surface area contributed by atoms with E-state index in [2.05, 4.69) is 21.6 Å². The van der Waals surface area contributed by atoms with E-state index >= 15 is 0 Å². The molecule has 3 heterocycles. The number of nitrogens with one attached hydrogen (secondary N) is 1. The Hall–Kier alpha value is -1.45. The number of sulfonamides is 1. The molecular formula is C16H27N5O3S. The van der Waals surface area contributed by atoms with Crippen molar-refractivity contribution in [3.63, 3.8) is 0 Å². The second kappa shape index (κ2) is 7.43. The minimum absolute atomic E-state index is 0.0702. The molecule has 25 heavy (non-hydrogen) atoms. The molecule has 1 atom stereocenters. The first-order valence-corrected chi connectivity index (χ1v) is 10.7. The maximum absolute atomic E-state index is 13.0. The van der Waals surface area contributed by atoms with Gasteiger partial charge in [-0.2, -0.15) is 5.10 Å². The van der Waals surface area contributed by atoms with Crippen molar-refractivity contribution >= 4 is 15.9 Å². The van der Waals surface area contributed by atoms with Gasteiger partial charge in [0.2, 0.25) is 15.9 Å². The summed E-state index contributed by atoms with van der Waals surface area (Å²) in [4.78, 5) is 17.2. The third-order valence-electron chi connectivity index (χ3n) is 5.16. The summed E-state index contributed by atoms with van der Waals surface area (Å²) < 4.78 is 27.2. The van der Waals surface area contributed by atoms with Crippen LogP contribution in [0.25, 0.3) is 0 Å². The Bertz CT molecular complexity index is 709. The van der Waals surface area contributed by atoms with Gasteiger partial charge in [0.15, 0.2) is 0 Å². The first-order chi connectivity index (χ1) is 11.9. The lowest BCUT2D eigenvalue weighted by Crippen LogP contribution is -2.48. The highest BCUT2D eigenvalue weighted by Crippen LogP contribution is 2.25. The average molecular weight is 369 g/mol. The van der Waals surface area contributed by atoms with E-state index in [1.54, 1.807) is 6.20 Å². The summed E-state index contributed by atoms with van der Waals surface area (Å²) >= 11 is 0. The number of hydrogen-bond acceptors (Lipinski definition) is 5. The molecule has 1 saturated heterocycles. The molecule has 0 radical (unpaired) electrons. The fraction of sp³-hybridized carbons (Fsp3) is 0.750. The van der Waals surface area contributed by atoms with Crippen LogP contribution >= 0.6 is 0 Å². The highest BCUT2D eigenvalue weighted by molar-refractivity contribution is 7.88. The summed E-state index contributed by atoms with van der Waals surface area (Å²) in [6.07, 6.45) is 4.64. The van der Waals surface area contributed by atoms with Crippen LogP contribution in [-0.4, -0.2) is 72.9 Å². The van der Waals surface area contributed by atoms with Gasteiger partial charge in [0, 0.05) is 25.2 Å². The van der Waals surface area contributed by atoms with Gasteiger partial charge < -0.3 is 9.80 Å². The molecule has 2 aliphatic heterocycles. The standard InChI is InChI=1S/C16H27N5O3S/c1-3-19-8-5-13(6-9-19)16(22)20-11-14-4-7-17-21(14)15(12-20)10-18-25(2,23)24/h4,7,13,15,18H,3,5-6,8-12H2,1-2H3. The summed E-state index contributed by atoms with van der Waals surface area (Å²) in [6.45, 7) is 6.39. The molecule has 1 unspecified atom stereocenters. The zero-order chi connectivity index (χ0) is 18.0. The second-order valence-corrected chi connectivity index (χ2v) is 8.80. The number of nitrogens with zero attached hydrogens (tertiary/aromatic N) is 4. The van der Waals surface area contributed by atoms with Crippen LogP contribution in [0, 0.1) is 5.92 Å². The predicted octanol–water partition coefficient (Wildman–Crippen LogP) is 0.0475. The molecule has 140 valence electrons. The van der Waals surface area contributed by atoms with E-state index in [1.807, 2.05) is 15.6 Å². The van der Waals surface area contributed by atoms with E-state index in [-0.39, 0.29) is 24.4 Å². The van der Waals surface area contributed by atoms with Gasteiger partial charge in [-0.05, 0) is 38.5 Å². The van der Waals surface area contributed by atoms with Gasteiger partial charge in [0.1, 0.15) is 0 Å². The van der Waals surface area contributed by atoms with Gasteiger partial charge in [0.25, 0.3) is 0 Å². The van der Waals surface area contributed by atoms with Gasteiger partial charge in [-0.3, -0.25) is 9.48 Å². The maximum atomic E-state index is 13.0. The number of rotatable bonds is 5. The Labute approximate surface area is 149 Å². The second-order valence-electron chi connectivity index (χ2n) is 6.97. The molecule has 9 heteroatoms. The average Bonchev–Trinajstić information content (AvgIpc) is 3.07. The monoisotopic (exact) mass is 369 g/mol. The Balaban J connectivity index is 1.68. The van der Waals surface area contributed by atoms with E-state index in [4.69, 9.17) is 0 Å². The summed E-state index contributed by atoms with van der Waals surface area (Å²) in [6, 6.07) is 1.72. The van der Waals surface area contributed by atoms with Crippen LogP contribution in [0.2, 0.25) is 0 Å². The van der Waals surface area contributed by atoms with Crippen LogP contribution in [0.15, 0.2) is 12.3 Å². The molecule has 3 rings (SSSR count). The predicted molar refractivity (Wildman–Crippen MR) is 94.4 cm³/mol. The normalized spacial score (nSPS) is 22.8. The molecule has 8 nitrogen and oxygen atoms in total. The number of likely N-dealkylation sites (tertiary alicyclic amines) is 1. The Kier molecular flexibility index (Phi) is 5.45. The third kappa shape index (κ3) is 4.39. The van der Waals surface area contributed by atoms with E-state index in [0.29, 0.717) is 13.1 Å². The number of carbonyl (C=O) groups is 1. The van der Waals surface area contributed by atoms with E-state index < -0.39 is 10.0 Å². The van der Waals surface area contributed by atoms with Crippen molar-refractivity contribution in [2.24, 2.45) is 5.92 Å². The number of carbonyl (C=O) groups excluding carboxylic acids is 1. The topological polar surface area (TPSA) is 87.5 Å². The molecule has 0 saturated carbocycles. The molecule has 1 aromatic heterocycles. The van der Waals surface area contributed by atoms with Crippen LogP contribution in [-0.2, 0) is 21.4 Å². The number of fused-ring (bicyclic) bond motifs is 1. The number of hydrogen-bond donors (Lipinski definition) is 1. The smallest absolute Gasteiger partial charge is 0.226 e. The lowest BCUT2D eigenvalue weighted by Gasteiger charge is -2.38. The van der Waals surface area contributed by atoms with Crippen molar-refractivity contribution < 1.29 is 13.2 Å². The largest absolute Gasteiger partial charge is 0.334 e. The van der Waals surface area contributed by atoms with Crippen molar-refractivity contribution in [2.45, 2.75) is 32.4 Å². The minimum Gasteiger partial charge on any atom is -0.334 e. The minimum atomic E-state index is -3.28. The van der Waals surface area contributed by atoms with Crippen molar-refractivity contribution in [1.29, 1.82) is 0 Å². The Morgan fingerprint density at radius 2 is 2.08 bits per heavy atom. The third-order valence-corrected chi connectivity index (χ3v) is 5.85. The summed E-state index contributed by atoms with van der Waals surface area (Å²) in [5.74, 6) is 0.258. The first kappa shape index (κ1) is 18.3. The molecule has 1 N–H and O–H groups in total. The van der Waals surface area contributed by atoms with E-state index in [0.717, 1.165) is 44.4 Å². The van der Waals surface area contributed by atoms with E-state index in [9.17, 15) is 13.2 Å². The molecular weight excluding hydrogens is 342 g/mol. The SMILES string of the molecule is CCN1CCC(C(=O)N2Cc3ccnn3C(CNS(C)(=O)=O)C2)CC1. The number of piperidine rings is 1. The van der Waals surface area contributed by atoms with Gasteiger partial charge in [-0.15, -0.1) is 0 Å². The molecule has 0 aromatic carbocycles. The van der Waals surface area contributed by atoms with E-state index in [1.165, 1.54) is 0 Å². The fourth-order valence-corrected chi connectivity index (χ4v) is 4.20. The van der Waals surface area contributed by atoms with Gasteiger partial charge in [-0.1, -0.05) is 6.92 Å². The molecule has 2 aliphatic rings. The zero-order valence-electron chi connectivity index (χ0n) is 14.9.